The van der Waals surface area contributed by atoms with E-state index in [4.69, 9.17) is 4.74 Å². The van der Waals surface area contributed by atoms with Crippen LogP contribution in [0.5, 0.6) is 5.75 Å². The maximum absolute atomic E-state index is 13.2. The molecule has 1 aromatic rings. The number of carbonyl (C=O) groups is 1. The van der Waals surface area contributed by atoms with Crippen LogP contribution < -0.4 is 9.84 Å². The van der Waals surface area contributed by atoms with Gasteiger partial charge in [0, 0.05) is 17.0 Å². The summed E-state index contributed by atoms with van der Waals surface area (Å²) in [5, 5.41) is 11.6. The fourth-order valence-corrected chi connectivity index (χ4v) is 2.56. The molecule has 0 aliphatic carbocycles. The van der Waals surface area contributed by atoms with Crippen molar-refractivity contribution in [3.63, 3.8) is 0 Å². The molecule has 0 radical (unpaired) electrons. The van der Waals surface area contributed by atoms with E-state index in [2.05, 4.69) is 6.58 Å². The molecule has 2 atom stereocenters. The van der Waals surface area contributed by atoms with Gasteiger partial charge in [-0.2, -0.15) is 0 Å². The van der Waals surface area contributed by atoms with E-state index >= 15 is 0 Å². The van der Waals surface area contributed by atoms with E-state index in [1.807, 2.05) is 0 Å². The maximum atomic E-state index is 13.2. The topological polar surface area (TPSA) is 49.4 Å². The lowest BCUT2D eigenvalue weighted by Gasteiger charge is -2.41. The monoisotopic (exact) mass is 249 g/mol. The number of hydrogen-bond donors (Lipinski definition) is 0. The smallest absolute Gasteiger partial charge is 0.126 e. The zero-order chi connectivity index (χ0) is 13.3. The van der Waals surface area contributed by atoms with Crippen molar-refractivity contribution in [1.82, 2.24) is 0 Å². The number of carbonyl (C=O) groups excluding carboxylic acids is 1. The highest BCUT2D eigenvalue weighted by atomic mass is 19.1. The van der Waals surface area contributed by atoms with Crippen molar-refractivity contribution in [2.45, 2.75) is 31.3 Å². The molecule has 0 aromatic heterocycles. The minimum absolute atomic E-state index is 0.238. The van der Waals surface area contributed by atoms with Crippen LogP contribution in [0.1, 0.15) is 25.3 Å². The largest absolute Gasteiger partial charge is 0.549 e. The molecular formula is C14H14FO3-. The molecule has 3 nitrogen and oxygen atoms in total. The van der Waals surface area contributed by atoms with Crippen LogP contribution in [0.4, 0.5) is 4.39 Å². The zero-order valence-corrected chi connectivity index (χ0v) is 10.1. The lowest BCUT2D eigenvalue weighted by Crippen LogP contribution is -2.50. The molecule has 96 valence electrons. The van der Waals surface area contributed by atoms with Gasteiger partial charge in [-0.15, -0.1) is 6.58 Å². The highest BCUT2D eigenvalue weighted by Gasteiger charge is 2.41. The number of allylic oxidation sites excluding steroid dienone is 1. The Labute approximate surface area is 105 Å². The molecule has 1 aliphatic rings. The van der Waals surface area contributed by atoms with E-state index in [-0.39, 0.29) is 18.3 Å². The summed E-state index contributed by atoms with van der Waals surface area (Å²) in [5.74, 6) is -1.35. The Bertz CT molecular complexity index is 498. The molecule has 0 bridgehead atoms. The Kier molecular flexibility index (Phi) is 3.11. The number of fused-ring (bicyclic) bond motifs is 1. The number of halogens is 1. The molecule has 1 aromatic carbocycles. The SMILES string of the molecule is C=CCC1(C(=O)[O-])CC(C)Oc2cc(F)ccc21. The lowest BCUT2D eigenvalue weighted by molar-refractivity contribution is -0.315. The van der Waals surface area contributed by atoms with E-state index in [1.54, 1.807) is 13.0 Å². The van der Waals surface area contributed by atoms with Crippen LogP contribution in [-0.2, 0) is 10.2 Å². The van der Waals surface area contributed by atoms with Gasteiger partial charge >= 0.3 is 0 Å². The maximum Gasteiger partial charge on any atom is 0.126 e. The molecule has 2 rings (SSSR count). The first kappa shape index (κ1) is 12.6. The van der Waals surface area contributed by atoms with Crippen molar-refractivity contribution in [1.29, 1.82) is 0 Å². The minimum atomic E-state index is -1.18. The van der Waals surface area contributed by atoms with Crippen LogP contribution in [0, 0.1) is 5.82 Å². The third-order valence-corrected chi connectivity index (χ3v) is 3.31. The number of carboxylic acids is 1. The van der Waals surface area contributed by atoms with Crippen molar-refractivity contribution in [3.8, 4) is 5.75 Å². The van der Waals surface area contributed by atoms with Gasteiger partial charge < -0.3 is 14.6 Å². The van der Waals surface area contributed by atoms with Gasteiger partial charge in [-0.05, 0) is 25.8 Å². The first-order valence-electron chi connectivity index (χ1n) is 5.78. The van der Waals surface area contributed by atoms with Crippen molar-refractivity contribution < 1.29 is 19.0 Å². The third-order valence-electron chi connectivity index (χ3n) is 3.31. The number of rotatable bonds is 3. The second-order valence-electron chi connectivity index (χ2n) is 4.64. The Hall–Kier alpha value is -1.84. The Balaban J connectivity index is 2.62. The van der Waals surface area contributed by atoms with Gasteiger partial charge in [0.05, 0.1) is 12.1 Å². The Morgan fingerprint density at radius 1 is 1.72 bits per heavy atom. The first-order valence-corrected chi connectivity index (χ1v) is 5.78. The van der Waals surface area contributed by atoms with Gasteiger partial charge in [0.1, 0.15) is 11.6 Å². The fraction of sp³-hybridized carbons (Fsp3) is 0.357. The highest BCUT2D eigenvalue weighted by molar-refractivity contribution is 5.81. The average molecular weight is 249 g/mol. The standard InChI is InChI=1S/C14H15FO3/c1-3-6-14(13(16)17)8-9(2)18-12-7-10(15)4-5-11(12)14/h3-5,7,9H,1,6,8H2,2H3,(H,16,17)/p-1. The molecule has 2 unspecified atom stereocenters. The predicted molar refractivity (Wildman–Crippen MR) is 62.6 cm³/mol. The van der Waals surface area contributed by atoms with Gasteiger partial charge in [-0.25, -0.2) is 4.39 Å². The molecule has 0 amide bonds. The molecule has 0 N–H and O–H groups in total. The molecule has 0 spiro atoms. The molecule has 0 saturated carbocycles. The van der Waals surface area contributed by atoms with Crippen LogP contribution in [0.15, 0.2) is 30.9 Å². The Morgan fingerprint density at radius 2 is 2.44 bits per heavy atom. The van der Waals surface area contributed by atoms with Crippen LogP contribution in [0.2, 0.25) is 0 Å². The summed E-state index contributed by atoms with van der Waals surface area (Å²) in [6, 6.07) is 3.90. The highest BCUT2D eigenvalue weighted by Crippen LogP contribution is 2.43. The average Bonchev–Trinajstić information content (AvgIpc) is 2.27. The van der Waals surface area contributed by atoms with Gasteiger partial charge in [-0.3, -0.25) is 0 Å². The van der Waals surface area contributed by atoms with Crippen molar-refractivity contribution in [2.24, 2.45) is 0 Å². The van der Waals surface area contributed by atoms with E-state index in [0.717, 1.165) is 0 Å². The van der Waals surface area contributed by atoms with E-state index in [0.29, 0.717) is 12.0 Å². The number of hydrogen-bond acceptors (Lipinski definition) is 3. The van der Waals surface area contributed by atoms with Crippen LogP contribution in [0.3, 0.4) is 0 Å². The molecule has 0 saturated heterocycles. The minimum Gasteiger partial charge on any atom is -0.549 e. The Morgan fingerprint density at radius 3 is 3.06 bits per heavy atom. The summed E-state index contributed by atoms with van der Waals surface area (Å²) in [4.78, 5) is 11.6. The molecule has 4 heteroatoms. The summed E-state index contributed by atoms with van der Waals surface area (Å²) < 4.78 is 18.7. The summed E-state index contributed by atoms with van der Waals surface area (Å²) >= 11 is 0. The summed E-state index contributed by atoms with van der Waals surface area (Å²) in [5.41, 5.74) is -0.718. The van der Waals surface area contributed by atoms with Crippen LogP contribution in [0.25, 0.3) is 0 Å². The predicted octanol–water partition coefficient (Wildman–Crippen LogP) is 1.56. The summed E-state index contributed by atoms with van der Waals surface area (Å²) in [6.45, 7) is 5.35. The van der Waals surface area contributed by atoms with Gasteiger partial charge in [0.25, 0.3) is 0 Å². The number of ether oxygens (including phenoxy) is 1. The van der Waals surface area contributed by atoms with Crippen LogP contribution >= 0.6 is 0 Å². The van der Waals surface area contributed by atoms with Crippen molar-refractivity contribution >= 4 is 5.97 Å². The second kappa shape index (κ2) is 4.44. The first-order chi connectivity index (χ1) is 8.49. The van der Waals surface area contributed by atoms with E-state index in [1.165, 1.54) is 18.2 Å². The fourth-order valence-electron chi connectivity index (χ4n) is 2.56. The van der Waals surface area contributed by atoms with Gasteiger partial charge in [0.15, 0.2) is 0 Å². The molecule has 18 heavy (non-hydrogen) atoms. The lowest BCUT2D eigenvalue weighted by atomic mass is 9.72. The van der Waals surface area contributed by atoms with Gasteiger partial charge in [0.2, 0.25) is 0 Å². The van der Waals surface area contributed by atoms with E-state index < -0.39 is 17.2 Å². The second-order valence-corrected chi connectivity index (χ2v) is 4.64. The molecule has 1 heterocycles. The number of aliphatic carboxylic acids is 1. The molecule has 0 fully saturated rings. The molecular weight excluding hydrogens is 235 g/mol. The van der Waals surface area contributed by atoms with E-state index in [9.17, 15) is 14.3 Å². The van der Waals surface area contributed by atoms with Crippen molar-refractivity contribution in [3.05, 3.63) is 42.2 Å². The zero-order valence-electron chi connectivity index (χ0n) is 10.1. The molecule has 1 aliphatic heterocycles. The number of carboxylic acid groups (broad SMARTS) is 1. The summed E-state index contributed by atoms with van der Waals surface area (Å²) in [7, 11) is 0. The van der Waals surface area contributed by atoms with Crippen LogP contribution in [-0.4, -0.2) is 12.1 Å². The third kappa shape index (κ3) is 1.88. The quantitative estimate of drug-likeness (QED) is 0.764. The van der Waals surface area contributed by atoms with Crippen molar-refractivity contribution in [2.75, 3.05) is 0 Å². The van der Waals surface area contributed by atoms with Gasteiger partial charge in [-0.1, -0.05) is 12.1 Å². The summed E-state index contributed by atoms with van der Waals surface area (Å²) in [6.07, 6.45) is 1.76. The normalized spacial score (nSPS) is 26.0. The number of benzene rings is 1.